The van der Waals surface area contributed by atoms with Crippen molar-refractivity contribution in [1.82, 2.24) is 10.4 Å². The Kier molecular flexibility index (Phi) is 12.1. The molecule has 0 aromatic heterocycles. The minimum absolute atomic E-state index is 0.100. The molecule has 0 fully saturated rings. The van der Waals surface area contributed by atoms with E-state index in [1.54, 1.807) is 32.5 Å². The third-order valence-corrected chi connectivity index (χ3v) is 7.86. The lowest BCUT2D eigenvalue weighted by molar-refractivity contribution is -0.131. The fourth-order valence-electron chi connectivity index (χ4n) is 3.87. The molecule has 0 aliphatic heterocycles. The average molecular weight is 509 g/mol. The standard InChI is InChI=1S/C28H48N2O4S/c1-10-21(2)22-13-11-14-23(19-22)28(8,16-12-15-27(6,7)20-35-18-17-31)24(32)29-30(9)25(33)34-26(3,4)5/h11,13-14,19,21,31H,10,12,15-18,20H2,1-9H3,(H,29,32)/t21?,28-/m1/s1. The van der Waals surface area contributed by atoms with Crippen molar-refractivity contribution >= 4 is 23.8 Å². The molecule has 1 aromatic rings. The van der Waals surface area contributed by atoms with Crippen LogP contribution in [0.25, 0.3) is 0 Å². The predicted molar refractivity (Wildman–Crippen MR) is 147 cm³/mol. The van der Waals surface area contributed by atoms with Crippen LogP contribution in [0.1, 0.15) is 98.1 Å². The van der Waals surface area contributed by atoms with Gasteiger partial charge in [0.05, 0.1) is 12.0 Å². The SMILES string of the molecule is CCC(C)c1cccc([C@@](C)(CCCC(C)(C)CSCCO)C(=O)NN(C)C(=O)OC(C)(C)C)c1. The first-order chi connectivity index (χ1) is 16.1. The van der Waals surface area contributed by atoms with Crippen LogP contribution in [0.2, 0.25) is 0 Å². The van der Waals surface area contributed by atoms with Crippen molar-refractivity contribution in [3.63, 3.8) is 0 Å². The van der Waals surface area contributed by atoms with Crippen LogP contribution >= 0.6 is 11.8 Å². The minimum Gasteiger partial charge on any atom is -0.442 e. The van der Waals surface area contributed by atoms with Gasteiger partial charge in [-0.3, -0.25) is 10.2 Å². The zero-order valence-corrected chi connectivity index (χ0v) is 24.2. The second-order valence-electron chi connectivity index (χ2n) is 11.5. The fraction of sp³-hybridized carbons (Fsp3) is 0.714. The first kappa shape index (κ1) is 31.3. The highest BCUT2D eigenvalue weighted by molar-refractivity contribution is 7.99. The van der Waals surface area contributed by atoms with Crippen molar-refractivity contribution in [1.29, 1.82) is 0 Å². The largest absolute Gasteiger partial charge is 0.442 e. The molecule has 7 heteroatoms. The van der Waals surface area contributed by atoms with Crippen LogP contribution in [-0.2, 0) is 14.9 Å². The summed E-state index contributed by atoms with van der Waals surface area (Å²) in [6.07, 6.45) is 2.90. The maximum atomic E-state index is 13.7. The normalized spacial score (nSPS) is 14.7. The molecule has 200 valence electrons. The molecule has 1 unspecified atom stereocenters. The first-order valence-corrected chi connectivity index (χ1v) is 13.9. The summed E-state index contributed by atoms with van der Waals surface area (Å²) in [4.78, 5) is 26.2. The highest BCUT2D eigenvalue weighted by Crippen LogP contribution is 2.36. The van der Waals surface area contributed by atoms with Crippen molar-refractivity contribution < 1.29 is 19.4 Å². The monoisotopic (exact) mass is 508 g/mol. The van der Waals surface area contributed by atoms with Crippen LogP contribution in [0.15, 0.2) is 24.3 Å². The molecule has 2 N–H and O–H groups in total. The van der Waals surface area contributed by atoms with Crippen molar-refractivity contribution in [2.75, 3.05) is 25.2 Å². The molecule has 0 heterocycles. The summed E-state index contributed by atoms with van der Waals surface area (Å²) >= 11 is 1.76. The lowest BCUT2D eigenvalue weighted by Gasteiger charge is -2.33. The topological polar surface area (TPSA) is 78.9 Å². The van der Waals surface area contributed by atoms with Gasteiger partial charge in [-0.2, -0.15) is 11.8 Å². The summed E-state index contributed by atoms with van der Waals surface area (Å²) in [7, 11) is 1.52. The van der Waals surface area contributed by atoms with Crippen LogP contribution in [0.5, 0.6) is 0 Å². The van der Waals surface area contributed by atoms with E-state index in [-0.39, 0.29) is 17.9 Å². The number of aliphatic hydroxyl groups is 1. The second kappa shape index (κ2) is 13.5. The number of carbonyl (C=O) groups excluding carboxylic acids is 2. The highest BCUT2D eigenvalue weighted by Gasteiger charge is 2.37. The van der Waals surface area contributed by atoms with Gasteiger partial charge < -0.3 is 9.84 Å². The molecule has 6 nitrogen and oxygen atoms in total. The van der Waals surface area contributed by atoms with Gasteiger partial charge in [-0.1, -0.05) is 58.4 Å². The summed E-state index contributed by atoms with van der Waals surface area (Å²) in [6, 6.07) is 8.30. The van der Waals surface area contributed by atoms with Crippen LogP contribution < -0.4 is 5.43 Å². The summed E-state index contributed by atoms with van der Waals surface area (Å²) in [6.45, 7) is 16.4. The molecule has 0 aliphatic carbocycles. The number of hydrogen-bond acceptors (Lipinski definition) is 5. The van der Waals surface area contributed by atoms with E-state index in [1.807, 2.05) is 19.1 Å². The number of ether oxygens (including phenoxy) is 1. The molecule has 2 atom stereocenters. The van der Waals surface area contributed by atoms with E-state index in [0.717, 1.165) is 41.3 Å². The number of amides is 2. The molecule has 1 aromatic carbocycles. The molecule has 0 bridgehead atoms. The van der Waals surface area contributed by atoms with E-state index >= 15 is 0 Å². The van der Waals surface area contributed by atoms with E-state index in [9.17, 15) is 9.59 Å². The summed E-state index contributed by atoms with van der Waals surface area (Å²) in [5.74, 6) is 1.87. The Morgan fingerprint density at radius 2 is 1.80 bits per heavy atom. The molecule has 1 rings (SSSR count). The Balaban J connectivity index is 3.13. The van der Waals surface area contributed by atoms with Crippen molar-refractivity contribution in [2.24, 2.45) is 5.41 Å². The van der Waals surface area contributed by atoms with Crippen molar-refractivity contribution in [3.8, 4) is 0 Å². The number of aliphatic hydroxyl groups excluding tert-OH is 1. The van der Waals surface area contributed by atoms with E-state index in [0.29, 0.717) is 12.3 Å². The number of hydrazine groups is 1. The third kappa shape index (κ3) is 10.4. The first-order valence-electron chi connectivity index (χ1n) is 12.7. The zero-order valence-electron chi connectivity index (χ0n) is 23.4. The predicted octanol–water partition coefficient (Wildman–Crippen LogP) is 6.28. The molecule has 0 aliphatic rings. The third-order valence-electron chi connectivity index (χ3n) is 6.40. The molecule has 2 amide bonds. The van der Waals surface area contributed by atoms with Gasteiger partial charge in [-0.05, 0) is 75.2 Å². The molecule has 0 saturated heterocycles. The van der Waals surface area contributed by atoms with Gasteiger partial charge in [-0.15, -0.1) is 0 Å². The number of carbonyl (C=O) groups is 2. The van der Waals surface area contributed by atoms with Crippen LogP contribution in [0.4, 0.5) is 4.79 Å². The Hall–Kier alpha value is -1.73. The maximum absolute atomic E-state index is 13.7. The average Bonchev–Trinajstić information content (AvgIpc) is 2.77. The van der Waals surface area contributed by atoms with Gasteiger partial charge >= 0.3 is 6.09 Å². The minimum atomic E-state index is -0.811. The molecule has 0 saturated carbocycles. The van der Waals surface area contributed by atoms with E-state index in [4.69, 9.17) is 9.84 Å². The molecule has 0 spiro atoms. The van der Waals surface area contributed by atoms with E-state index in [2.05, 4.69) is 45.3 Å². The van der Waals surface area contributed by atoms with Gasteiger partial charge in [0.2, 0.25) is 5.91 Å². The summed E-state index contributed by atoms with van der Waals surface area (Å²) in [5, 5.41) is 10.2. The lowest BCUT2D eigenvalue weighted by Crippen LogP contribution is -2.52. The second-order valence-corrected chi connectivity index (χ2v) is 12.6. The highest BCUT2D eigenvalue weighted by atomic mass is 32.2. The summed E-state index contributed by atoms with van der Waals surface area (Å²) in [5.41, 5.74) is 3.59. The molecular formula is C28H48N2O4S. The van der Waals surface area contributed by atoms with Gasteiger partial charge in [-0.25, -0.2) is 9.80 Å². The van der Waals surface area contributed by atoms with Crippen molar-refractivity contribution in [2.45, 2.75) is 98.0 Å². The summed E-state index contributed by atoms with van der Waals surface area (Å²) < 4.78 is 5.41. The van der Waals surface area contributed by atoms with Gasteiger partial charge in [0, 0.05) is 12.8 Å². The van der Waals surface area contributed by atoms with Gasteiger partial charge in [0.15, 0.2) is 0 Å². The van der Waals surface area contributed by atoms with Crippen LogP contribution in [0.3, 0.4) is 0 Å². The Labute approximate surface area is 217 Å². The van der Waals surface area contributed by atoms with Gasteiger partial charge in [0.1, 0.15) is 5.60 Å². The zero-order chi connectivity index (χ0) is 26.9. The molecule has 0 radical (unpaired) electrons. The van der Waals surface area contributed by atoms with Crippen LogP contribution in [-0.4, -0.2) is 52.9 Å². The van der Waals surface area contributed by atoms with Crippen LogP contribution in [0, 0.1) is 5.41 Å². The quantitative estimate of drug-likeness (QED) is 0.257. The fourth-order valence-corrected chi connectivity index (χ4v) is 4.84. The maximum Gasteiger partial charge on any atom is 0.428 e. The van der Waals surface area contributed by atoms with Crippen molar-refractivity contribution in [3.05, 3.63) is 35.4 Å². The molecule has 35 heavy (non-hydrogen) atoms. The lowest BCUT2D eigenvalue weighted by atomic mass is 9.75. The number of rotatable bonds is 12. The number of hydrogen-bond donors (Lipinski definition) is 2. The van der Waals surface area contributed by atoms with E-state index < -0.39 is 17.1 Å². The number of benzene rings is 1. The Bertz CT molecular complexity index is 821. The smallest absolute Gasteiger partial charge is 0.428 e. The van der Waals surface area contributed by atoms with Gasteiger partial charge in [0.25, 0.3) is 0 Å². The number of thioether (sulfide) groups is 1. The number of nitrogens with one attached hydrogen (secondary N) is 1. The molecular weight excluding hydrogens is 460 g/mol. The Morgan fingerprint density at radius 1 is 1.14 bits per heavy atom. The van der Waals surface area contributed by atoms with E-state index in [1.165, 1.54) is 12.6 Å². The Morgan fingerprint density at radius 3 is 2.37 bits per heavy atom. The number of nitrogens with zero attached hydrogens (tertiary/aromatic N) is 1.